The van der Waals surface area contributed by atoms with Crippen LogP contribution in [0.2, 0.25) is 0 Å². The first kappa shape index (κ1) is 23.2. The Morgan fingerprint density at radius 3 is 2.59 bits per heavy atom. The van der Waals surface area contributed by atoms with Gasteiger partial charge in [0.05, 0.1) is 31.0 Å². The summed E-state index contributed by atoms with van der Waals surface area (Å²) >= 11 is 1.22. The van der Waals surface area contributed by atoms with Gasteiger partial charge in [0.1, 0.15) is 5.76 Å². The summed E-state index contributed by atoms with van der Waals surface area (Å²) in [6.45, 7) is 0.237. The Morgan fingerprint density at radius 2 is 1.91 bits per heavy atom. The highest BCUT2D eigenvalue weighted by molar-refractivity contribution is 8.18. The fraction of sp³-hybridized carbons (Fsp3) is 0.160. The lowest BCUT2D eigenvalue weighted by atomic mass is 10.2. The molecule has 4 rings (SSSR count). The van der Waals surface area contributed by atoms with E-state index in [1.54, 1.807) is 42.8 Å². The lowest BCUT2D eigenvalue weighted by molar-refractivity contribution is -0.122. The van der Waals surface area contributed by atoms with Gasteiger partial charge in [0.25, 0.3) is 5.91 Å². The number of anilines is 1. The Morgan fingerprint density at radius 1 is 1.15 bits per heavy atom. The summed E-state index contributed by atoms with van der Waals surface area (Å²) in [5, 5.41) is 18.8. The largest absolute Gasteiger partial charge is 0.504 e. The Hall–Kier alpha value is -3.98. The van der Waals surface area contributed by atoms with Crippen LogP contribution in [0.1, 0.15) is 16.9 Å². The summed E-state index contributed by atoms with van der Waals surface area (Å²) < 4.78 is 10.6. The first-order valence-electron chi connectivity index (χ1n) is 10.4. The van der Waals surface area contributed by atoms with Crippen LogP contribution in [-0.2, 0) is 11.3 Å². The molecule has 1 N–H and O–H groups in total. The van der Waals surface area contributed by atoms with Crippen LogP contribution in [0.15, 0.2) is 80.4 Å². The summed E-state index contributed by atoms with van der Waals surface area (Å²) in [4.78, 5) is 17.2. The number of phenols is 1. The highest BCUT2D eigenvalue weighted by Gasteiger charge is 2.34. The Bertz CT molecular complexity index is 1250. The molecule has 0 spiro atoms. The molecule has 2 heterocycles. The van der Waals surface area contributed by atoms with E-state index < -0.39 is 0 Å². The molecule has 0 saturated carbocycles. The van der Waals surface area contributed by atoms with E-state index >= 15 is 0 Å². The maximum absolute atomic E-state index is 13.2. The molecule has 0 radical (unpaired) electrons. The van der Waals surface area contributed by atoms with Gasteiger partial charge in [0, 0.05) is 19.8 Å². The molecule has 34 heavy (non-hydrogen) atoms. The Kier molecular flexibility index (Phi) is 7.03. The van der Waals surface area contributed by atoms with Crippen molar-refractivity contribution in [3.8, 4) is 11.5 Å². The van der Waals surface area contributed by atoms with E-state index in [1.165, 1.54) is 29.8 Å². The molecule has 1 aliphatic rings. The minimum Gasteiger partial charge on any atom is -0.504 e. The van der Waals surface area contributed by atoms with Gasteiger partial charge in [0.15, 0.2) is 16.7 Å². The number of amidine groups is 1. The van der Waals surface area contributed by atoms with E-state index in [0.717, 1.165) is 11.3 Å². The minimum atomic E-state index is -0.210. The molecule has 9 heteroatoms. The second kappa shape index (κ2) is 10.3. The highest BCUT2D eigenvalue weighted by Crippen LogP contribution is 2.35. The summed E-state index contributed by atoms with van der Waals surface area (Å²) in [5.41, 5.74) is 2.70. The van der Waals surface area contributed by atoms with Gasteiger partial charge in [-0.3, -0.25) is 9.69 Å². The molecule has 0 atom stereocenters. The SMILES string of the molecule is COc1cc(/C=C2\S/C(=N/N=C\c3ccc(N(C)C)cc3)N(Cc3ccco3)C2=O)ccc1O. The van der Waals surface area contributed by atoms with Crippen molar-refractivity contribution in [1.82, 2.24) is 4.90 Å². The maximum atomic E-state index is 13.2. The number of thioether (sulfide) groups is 1. The van der Waals surface area contributed by atoms with Crippen LogP contribution in [0.25, 0.3) is 6.08 Å². The van der Waals surface area contributed by atoms with Crippen LogP contribution in [0.4, 0.5) is 5.69 Å². The van der Waals surface area contributed by atoms with E-state index in [4.69, 9.17) is 9.15 Å². The molecule has 1 amide bonds. The van der Waals surface area contributed by atoms with Crippen molar-refractivity contribution in [2.45, 2.75) is 6.54 Å². The van der Waals surface area contributed by atoms with Crippen molar-refractivity contribution in [3.05, 3.63) is 82.7 Å². The molecular formula is C25H24N4O4S. The topological polar surface area (TPSA) is 90.9 Å². The van der Waals surface area contributed by atoms with E-state index in [0.29, 0.717) is 27.1 Å². The van der Waals surface area contributed by atoms with Crippen molar-refractivity contribution in [2.75, 3.05) is 26.1 Å². The van der Waals surface area contributed by atoms with Crippen LogP contribution in [-0.4, -0.2) is 48.5 Å². The van der Waals surface area contributed by atoms with Gasteiger partial charge >= 0.3 is 0 Å². The second-order valence-corrected chi connectivity index (χ2v) is 8.63. The molecule has 3 aromatic rings. The third-order valence-corrected chi connectivity index (χ3v) is 6.04. The molecule has 1 fully saturated rings. The number of amides is 1. The van der Waals surface area contributed by atoms with Crippen LogP contribution in [0.3, 0.4) is 0 Å². The number of furan rings is 1. The molecule has 8 nitrogen and oxygen atoms in total. The standard InChI is InChI=1S/C25H24N4O4S/c1-28(2)19-9-6-17(7-10-19)15-26-27-25-29(16-20-5-4-12-33-20)24(31)23(34-25)14-18-8-11-21(30)22(13-18)32-3/h4-15,30H,16H2,1-3H3/b23-14-,26-15-,27-25+. The summed E-state index contributed by atoms with van der Waals surface area (Å²) in [7, 11) is 5.44. The van der Waals surface area contributed by atoms with E-state index in [9.17, 15) is 9.90 Å². The number of nitrogens with zero attached hydrogens (tertiary/aromatic N) is 4. The summed E-state index contributed by atoms with van der Waals surface area (Å²) in [6.07, 6.45) is 4.94. The molecule has 1 aliphatic heterocycles. The van der Waals surface area contributed by atoms with Gasteiger partial charge < -0.3 is 19.2 Å². The van der Waals surface area contributed by atoms with Crippen LogP contribution in [0.5, 0.6) is 11.5 Å². The monoisotopic (exact) mass is 476 g/mol. The lowest BCUT2D eigenvalue weighted by Gasteiger charge is -2.12. The third kappa shape index (κ3) is 5.32. The van der Waals surface area contributed by atoms with Crippen LogP contribution in [0, 0.1) is 0 Å². The number of hydrogen-bond acceptors (Lipinski definition) is 8. The third-order valence-electron chi connectivity index (χ3n) is 5.04. The van der Waals surface area contributed by atoms with Gasteiger partial charge in [-0.1, -0.05) is 18.2 Å². The molecule has 1 saturated heterocycles. The highest BCUT2D eigenvalue weighted by atomic mass is 32.2. The van der Waals surface area contributed by atoms with Crippen molar-refractivity contribution >= 4 is 40.8 Å². The first-order chi connectivity index (χ1) is 16.4. The van der Waals surface area contributed by atoms with Gasteiger partial charge in [-0.05, 0) is 65.4 Å². The van der Waals surface area contributed by atoms with E-state index in [-0.39, 0.29) is 18.2 Å². The summed E-state index contributed by atoms with van der Waals surface area (Å²) in [5.74, 6) is 0.788. The summed E-state index contributed by atoms with van der Waals surface area (Å²) in [6, 6.07) is 16.4. The maximum Gasteiger partial charge on any atom is 0.267 e. The van der Waals surface area contributed by atoms with Crippen molar-refractivity contribution in [2.24, 2.45) is 10.2 Å². The quantitative estimate of drug-likeness (QED) is 0.305. The zero-order valence-corrected chi connectivity index (χ0v) is 19.8. The van der Waals surface area contributed by atoms with Crippen LogP contribution < -0.4 is 9.64 Å². The fourth-order valence-corrected chi connectivity index (χ4v) is 4.15. The number of benzene rings is 2. The normalized spacial score (nSPS) is 16.2. The molecule has 0 aliphatic carbocycles. The minimum absolute atomic E-state index is 0.0321. The van der Waals surface area contributed by atoms with Gasteiger partial charge in [-0.25, -0.2) is 0 Å². The zero-order chi connectivity index (χ0) is 24.1. The number of rotatable bonds is 7. The van der Waals surface area contributed by atoms with Crippen LogP contribution >= 0.6 is 11.8 Å². The smallest absolute Gasteiger partial charge is 0.267 e. The van der Waals surface area contributed by atoms with Crippen molar-refractivity contribution in [1.29, 1.82) is 0 Å². The Labute approximate surface area is 201 Å². The molecule has 1 aromatic heterocycles. The number of aromatic hydroxyl groups is 1. The fourth-order valence-electron chi connectivity index (χ4n) is 3.22. The predicted octanol–water partition coefficient (Wildman–Crippen LogP) is 4.57. The second-order valence-electron chi connectivity index (χ2n) is 7.63. The Balaban J connectivity index is 1.60. The van der Waals surface area contributed by atoms with Crippen molar-refractivity contribution < 1.29 is 19.1 Å². The predicted molar refractivity (Wildman–Crippen MR) is 135 cm³/mol. The number of carbonyl (C=O) groups is 1. The lowest BCUT2D eigenvalue weighted by Crippen LogP contribution is -2.28. The first-order valence-corrected chi connectivity index (χ1v) is 11.3. The van der Waals surface area contributed by atoms with Gasteiger partial charge in [-0.15, -0.1) is 5.10 Å². The molecular weight excluding hydrogens is 452 g/mol. The van der Waals surface area contributed by atoms with Crippen molar-refractivity contribution in [3.63, 3.8) is 0 Å². The molecule has 174 valence electrons. The number of ether oxygens (including phenoxy) is 1. The number of hydrogen-bond donors (Lipinski definition) is 1. The molecule has 2 aromatic carbocycles. The average Bonchev–Trinajstić information content (AvgIpc) is 3.45. The average molecular weight is 477 g/mol. The van der Waals surface area contributed by atoms with Gasteiger partial charge in [0.2, 0.25) is 0 Å². The van der Waals surface area contributed by atoms with E-state index in [2.05, 4.69) is 10.2 Å². The number of phenolic OH excluding ortho intramolecular Hbond substituents is 1. The molecule has 0 bridgehead atoms. The zero-order valence-electron chi connectivity index (χ0n) is 19.0. The number of methoxy groups -OCH3 is 1. The number of carbonyl (C=O) groups excluding carboxylic acids is 1. The molecule has 0 unspecified atom stereocenters. The van der Waals surface area contributed by atoms with Gasteiger partial charge in [-0.2, -0.15) is 5.10 Å². The van der Waals surface area contributed by atoms with E-state index in [1.807, 2.05) is 43.3 Å².